The minimum atomic E-state index is 0. The van der Waals surface area contributed by atoms with E-state index in [2.05, 4.69) is 17.6 Å². The number of halogens is 1. The third-order valence-corrected chi connectivity index (χ3v) is 5.37. The molecule has 0 radical (unpaired) electrons. The fraction of sp³-hybridized carbons (Fsp3) is 0.941. The maximum atomic E-state index is 11.9. The number of piperidine rings is 1. The Morgan fingerprint density at radius 3 is 2.24 bits per heavy atom. The lowest BCUT2D eigenvalue weighted by molar-refractivity contribution is -0.121. The van der Waals surface area contributed by atoms with Crippen LogP contribution >= 0.6 is 12.4 Å². The Labute approximate surface area is 136 Å². The molecule has 2 rings (SSSR count). The second kappa shape index (κ2) is 10.4. The van der Waals surface area contributed by atoms with E-state index < -0.39 is 0 Å². The molecule has 1 saturated heterocycles. The smallest absolute Gasteiger partial charge is 0.220 e. The first kappa shape index (κ1) is 18.8. The molecule has 0 bridgehead atoms. The summed E-state index contributed by atoms with van der Waals surface area (Å²) in [6.45, 7) is 5.48. The van der Waals surface area contributed by atoms with Gasteiger partial charge in [-0.15, -0.1) is 12.4 Å². The predicted octanol–water partition coefficient (Wildman–Crippen LogP) is 3.52. The van der Waals surface area contributed by atoms with Gasteiger partial charge in [0.05, 0.1) is 0 Å². The van der Waals surface area contributed by atoms with Crippen molar-refractivity contribution in [3.8, 4) is 0 Å². The number of carbonyl (C=O) groups excluding carboxylic acids is 1. The second-order valence-corrected chi connectivity index (χ2v) is 6.83. The van der Waals surface area contributed by atoms with E-state index in [4.69, 9.17) is 0 Å². The first-order valence-electron chi connectivity index (χ1n) is 8.75. The molecule has 0 atom stereocenters. The number of hydrogen-bond acceptors (Lipinski definition) is 2. The van der Waals surface area contributed by atoms with Crippen molar-refractivity contribution < 1.29 is 4.79 Å². The summed E-state index contributed by atoms with van der Waals surface area (Å²) in [6, 6.07) is 0. The summed E-state index contributed by atoms with van der Waals surface area (Å²) in [4.78, 5) is 11.9. The molecule has 0 spiro atoms. The van der Waals surface area contributed by atoms with E-state index in [9.17, 15) is 4.79 Å². The zero-order chi connectivity index (χ0) is 14.2. The zero-order valence-electron chi connectivity index (χ0n) is 13.5. The summed E-state index contributed by atoms with van der Waals surface area (Å²) >= 11 is 0. The first-order valence-corrected chi connectivity index (χ1v) is 8.75. The molecule has 124 valence electrons. The van der Waals surface area contributed by atoms with Crippen LogP contribution in [0.2, 0.25) is 0 Å². The highest BCUT2D eigenvalue weighted by Crippen LogP contribution is 2.30. The van der Waals surface area contributed by atoms with Crippen molar-refractivity contribution in [1.29, 1.82) is 0 Å². The molecule has 1 amide bonds. The van der Waals surface area contributed by atoms with Crippen molar-refractivity contribution in [1.82, 2.24) is 10.6 Å². The molecule has 0 aromatic heterocycles. The molecule has 3 nitrogen and oxygen atoms in total. The minimum absolute atomic E-state index is 0. The van der Waals surface area contributed by atoms with Gasteiger partial charge < -0.3 is 10.6 Å². The van der Waals surface area contributed by atoms with Crippen molar-refractivity contribution >= 4 is 18.3 Å². The molecule has 0 aromatic rings. The largest absolute Gasteiger partial charge is 0.356 e. The van der Waals surface area contributed by atoms with E-state index in [1.165, 1.54) is 44.9 Å². The van der Waals surface area contributed by atoms with Gasteiger partial charge in [0, 0.05) is 13.0 Å². The molecule has 21 heavy (non-hydrogen) atoms. The number of nitrogens with one attached hydrogen (secondary N) is 2. The Kier molecular flexibility index (Phi) is 9.34. The topological polar surface area (TPSA) is 41.1 Å². The summed E-state index contributed by atoms with van der Waals surface area (Å²) in [5.74, 6) is 2.73. The molecule has 2 fully saturated rings. The summed E-state index contributed by atoms with van der Waals surface area (Å²) < 4.78 is 0. The van der Waals surface area contributed by atoms with Crippen LogP contribution in [0, 0.1) is 17.8 Å². The number of hydrogen-bond donors (Lipinski definition) is 2. The monoisotopic (exact) mass is 316 g/mol. The fourth-order valence-corrected chi connectivity index (χ4v) is 3.70. The predicted molar refractivity (Wildman–Crippen MR) is 90.8 cm³/mol. The van der Waals surface area contributed by atoms with E-state index in [0.717, 1.165) is 50.2 Å². The lowest BCUT2D eigenvalue weighted by Gasteiger charge is -2.28. The van der Waals surface area contributed by atoms with Gasteiger partial charge in [0.1, 0.15) is 0 Å². The van der Waals surface area contributed by atoms with Crippen LogP contribution in [0.5, 0.6) is 0 Å². The van der Waals surface area contributed by atoms with Crippen LogP contribution in [0.1, 0.15) is 64.7 Å². The van der Waals surface area contributed by atoms with Crippen LogP contribution in [0.25, 0.3) is 0 Å². The van der Waals surface area contributed by atoms with Crippen molar-refractivity contribution in [2.75, 3.05) is 19.6 Å². The summed E-state index contributed by atoms with van der Waals surface area (Å²) in [7, 11) is 0. The Bertz CT molecular complexity index is 285. The van der Waals surface area contributed by atoms with Gasteiger partial charge in [-0.05, 0) is 62.9 Å². The third-order valence-electron chi connectivity index (χ3n) is 5.37. The number of carbonyl (C=O) groups is 1. The molecule has 0 aromatic carbocycles. The number of amides is 1. The average Bonchev–Trinajstić information content (AvgIpc) is 2.52. The highest BCUT2D eigenvalue weighted by atomic mass is 35.5. The third kappa shape index (κ3) is 7.01. The molecule has 1 saturated carbocycles. The van der Waals surface area contributed by atoms with Gasteiger partial charge in [-0.25, -0.2) is 0 Å². The Hall–Kier alpha value is -0.280. The Morgan fingerprint density at radius 1 is 1.00 bits per heavy atom. The van der Waals surface area contributed by atoms with Crippen molar-refractivity contribution in [3.05, 3.63) is 0 Å². The highest BCUT2D eigenvalue weighted by molar-refractivity contribution is 5.85. The average molecular weight is 317 g/mol. The molecule has 2 N–H and O–H groups in total. The van der Waals surface area contributed by atoms with Gasteiger partial charge in [-0.1, -0.05) is 26.2 Å². The highest BCUT2D eigenvalue weighted by Gasteiger charge is 2.20. The van der Waals surface area contributed by atoms with Gasteiger partial charge in [0.25, 0.3) is 0 Å². The van der Waals surface area contributed by atoms with E-state index in [-0.39, 0.29) is 18.3 Å². The van der Waals surface area contributed by atoms with E-state index in [0.29, 0.717) is 0 Å². The van der Waals surface area contributed by atoms with Crippen LogP contribution in [-0.2, 0) is 4.79 Å². The number of rotatable bonds is 6. The molecule has 1 aliphatic heterocycles. The normalized spacial score (nSPS) is 26.9. The van der Waals surface area contributed by atoms with Crippen molar-refractivity contribution in [2.24, 2.45) is 17.8 Å². The Balaban J connectivity index is 0.00000220. The molecular weight excluding hydrogens is 284 g/mol. The maximum Gasteiger partial charge on any atom is 0.220 e. The van der Waals surface area contributed by atoms with Crippen LogP contribution < -0.4 is 10.6 Å². The molecule has 1 aliphatic carbocycles. The lowest BCUT2D eigenvalue weighted by atomic mass is 9.81. The minimum Gasteiger partial charge on any atom is -0.356 e. The van der Waals surface area contributed by atoms with Crippen LogP contribution in [-0.4, -0.2) is 25.5 Å². The summed E-state index contributed by atoms with van der Waals surface area (Å²) in [6.07, 6.45) is 11.0. The summed E-state index contributed by atoms with van der Waals surface area (Å²) in [5.41, 5.74) is 0. The van der Waals surface area contributed by atoms with Crippen molar-refractivity contribution in [3.63, 3.8) is 0 Å². The summed E-state index contributed by atoms with van der Waals surface area (Å²) in [5, 5.41) is 6.55. The fourth-order valence-electron chi connectivity index (χ4n) is 3.70. The van der Waals surface area contributed by atoms with E-state index in [1.54, 1.807) is 0 Å². The van der Waals surface area contributed by atoms with Crippen LogP contribution in [0.3, 0.4) is 0 Å². The molecular formula is C17H33ClN2O. The molecule has 1 heterocycles. The van der Waals surface area contributed by atoms with E-state index in [1.807, 2.05) is 0 Å². The van der Waals surface area contributed by atoms with Gasteiger partial charge in [0.15, 0.2) is 0 Å². The quantitative estimate of drug-likeness (QED) is 0.787. The van der Waals surface area contributed by atoms with Gasteiger partial charge in [-0.3, -0.25) is 4.79 Å². The van der Waals surface area contributed by atoms with Gasteiger partial charge in [0.2, 0.25) is 5.91 Å². The second-order valence-electron chi connectivity index (χ2n) is 6.83. The SMILES string of the molecule is CCC1CCC(CNC(=O)CCC2CCNCC2)CC1.Cl. The Morgan fingerprint density at radius 2 is 1.62 bits per heavy atom. The van der Waals surface area contributed by atoms with Crippen molar-refractivity contribution in [2.45, 2.75) is 64.7 Å². The molecule has 4 heteroatoms. The lowest BCUT2D eigenvalue weighted by Crippen LogP contribution is -2.32. The van der Waals surface area contributed by atoms with Gasteiger partial charge >= 0.3 is 0 Å². The van der Waals surface area contributed by atoms with Crippen LogP contribution in [0.4, 0.5) is 0 Å². The van der Waals surface area contributed by atoms with Gasteiger partial charge in [-0.2, -0.15) is 0 Å². The molecule has 2 aliphatic rings. The standard InChI is InChI=1S/C17H32N2O.ClH/c1-2-14-3-5-16(6-4-14)13-19-17(20)8-7-15-9-11-18-12-10-15;/h14-16,18H,2-13H2,1H3,(H,19,20);1H. The van der Waals surface area contributed by atoms with Crippen LogP contribution in [0.15, 0.2) is 0 Å². The molecule has 0 unspecified atom stereocenters. The van der Waals surface area contributed by atoms with E-state index >= 15 is 0 Å². The zero-order valence-corrected chi connectivity index (χ0v) is 14.4. The first-order chi connectivity index (χ1) is 9.78. The maximum absolute atomic E-state index is 11.9.